The standard InChI is InChI=1S/C15H13BrClFN2O3S/c1-24(22,23)20(14-5-3-2-4-13(14)18)9-15(21)19-10-6-7-11(16)12(17)8-10/h2-8H,9H2,1H3,(H,19,21). The molecule has 0 aliphatic rings. The van der Waals surface area contributed by atoms with Crippen LogP contribution < -0.4 is 9.62 Å². The third-order valence-electron chi connectivity index (χ3n) is 3.01. The normalized spacial score (nSPS) is 11.2. The van der Waals surface area contributed by atoms with Crippen molar-refractivity contribution in [3.05, 3.63) is 57.8 Å². The molecule has 0 aromatic heterocycles. The Morgan fingerprint density at radius 3 is 2.54 bits per heavy atom. The molecule has 24 heavy (non-hydrogen) atoms. The molecule has 1 amide bonds. The minimum Gasteiger partial charge on any atom is -0.324 e. The fraction of sp³-hybridized carbons (Fsp3) is 0.133. The Bertz CT molecular complexity index is 877. The number of hydrogen-bond donors (Lipinski definition) is 1. The van der Waals surface area contributed by atoms with Crippen LogP contribution in [0, 0.1) is 5.82 Å². The van der Waals surface area contributed by atoms with Gasteiger partial charge in [0.15, 0.2) is 0 Å². The molecular formula is C15H13BrClFN2O3S. The van der Waals surface area contributed by atoms with Gasteiger partial charge in [0.25, 0.3) is 0 Å². The second kappa shape index (κ2) is 7.50. The summed E-state index contributed by atoms with van der Waals surface area (Å²) in [6.45, 7) is -0.562. The number of rotatable bonds is 5. The third-order valence-corrected chi connectivity index (χ3v) is 5.37. The van der Waals surface area contributed by atoms with Crippen LogP contribution in [-0.2, 0) is 14.8 Å². The Morgan fingerprint density at radius 1 is 1.29 bits per heavy atom. The molecule has 1 N–H and O–H groups in total. The van der Waals surface area contributed by atoms with Crippen molar-refractivity contribution in [3.8, 4) is 0 Å². The zero-order chi connectivity index (χ0) is 17.9. The summed E-state index contributed by atoms with van der Waals surface area (Å²) in [7, 11) is -3.84. The molecular weight excluding hydrogens is 423 g/mol. The highest BCUT2D eigenvalue weighted by molar-refractivity contribution is 9.10. The van der Waals surface area contributed by atoms with E-state index in [1.807, 2.05) is 0 Å². The molecule has 0 heterocycles. The van der Waals surface area contributed by atoms with E-state index in [0.29, 0.717) is 19.5 Å². The number of amides is 1. The largest absolute Gasteiger partial charge is 0.324 e. The minimum absolute atomic E-state index is 0.191. The maximum absolute atomic E-state index is 13.9. The van der Waals surface area contributed by atoms with Gasteiger partial charge in [0.2, 0.25) is 15.9 Å². The number of halogens is 3. The van der Waals surface area contributed by atoms with Crippen LogP contribution in [0.15, 0.2) is 46.9 Å². The van der Waals surface area contributed by atoms with Gasteiger partial charge in [-0.3, -0.25) is 9.10 Å². The van der Waals surface area contributed by atoms with Crippen LogP contribution in [0.2, 0.25) is 5.02 Å². The van der Waals surface area contributed by atoms with Crippen LogP contribution in [0.1, 0.15) is 0 Å². The van der Waals surface area contributed by atoms with Gasteiger partial charge in [-0.05, 0) is 46.3 Å². The van der Waals surface area contributed by atoms with Crippen LogP contribution in [0.5, 0.6) is 0 Å². The first kappa shape index (κ1) is 18.7. The number of carbonyl (C=O) groups excluding carboxylic acids is 1. The Kier molecular flexibility index (Phi) is 5.84. The molecule has 9 heteroatoms. The first-order valence-electron chi connectivity index (χ1n) is 6.65. The molecule has 2 aromatic carbocycles. The number of hydrogen-bond acceptors (Lipinski definition) is 3. The van der Waals surface area contributed by atoms with Crippen LogP contribution in [0.3, 0.4) is 0 Å². The molecule has 0 atom stereocenters. The van der Waals surface area contributed by atoms with Crippen molar-refractivity contribution < 1.29 is 17.6 Å². The van der Waals surface area contributed by atoms with Gasteiger partial charge in [0, 0.05) is 10.2 Å². The number of para-hydroxylation sites is 1. The maximum Gasteiger partial charge on any atom is 0.245 e. The Balaban J connectivity index is 2.22. The Morgan fingerprint density at radius 2 is 1.96 bits per heavy atom. The molecule has 0 bridgehead atoms. The van der Waals surface area contributed by atoms with Gasteiger partial charge in [-0.25, -0.2) is 12.8 Å². The van der Waals surface area contributed by atoms with E-state index >= 15 is 0 Å². The van der Waals surface area contributed by atoms with E-state index in [4.69, 9.17) is 11.6 Å². The van der Waals surface area contributed by atoms with Gasteiger partial charge in [-0.15, -0.1) is 0 Å². The smallest absolute Gasteiger partial charge is 0.245 e. The van der Waals surface area contributed by atoms with Gasteiger partial charge in [-0.2, -0.15) is 0 Å². The summed E-state index contributed by atoms with van der Waals surface area (Å²) < 4.78 is 39.1. The van der Waals surface area contributed by atoms with Crippen molar-refractivity contribution in [3.63, 3.8) is 0 Å². The van der Waals surface area contributed by atoms with E-state index in [-0.39, 0.29) is 5.69 Å². The van der Waals surface area contributed by atoms with Crippen molar-refractivity contribution in [1.29, 1.82) is 0 Å². The lowest BCUT2D eigenvalue weighted by atomic mass is 10.3. The SMILES string of the molecule is CS(=O)(=O)N(CC(=O)Nc1ccc(Br)c(Cl)c1)c1ccccc1F. The van der Waals surface area contributed by atoms with E-state index < -0.39 is 28.3 Å². The zero-order valence-electron chi connectivity index (χ0n) is 12.5. The molecule has 2 rings (SSSR count). The van der Waals surface area contributed by atoms with E-state index in [1.54, 1.807) is 12.1 Å². The molecule has 0 spiro atoms. The number of anilines is 2. The van der Waals surface area contributed by atoms with Crippen LogP contribution >= 0.6 is 27.5 Å². The van der Waals surface area contributed by atoms with Gasteiger partial charge >= 0.3 is 0 Å². The molecule has 2 aromatic rings. The molecule has 0 aliphatic carbocycles. The number of nitrogens with zero attached hydrogens (tertiary/aromatic N) is 1. The summed E-state index contributed by atoms with van der Waals surface area (Å²) >= 11 is 9.16. The highest BCUT2D eigenvalue weighted by atomic mass is 79.9. The summed E-state index contributed by atoms with van der Waals surface area (Å²) in [6, 6.07) is 10.1. The molecule has 5 nitrogen and oxygen atoms in total. The van der Waals surface area contributed by atoms with Gasteiger partial charge in [0.05, 0.1) is 17.0 Å². The number of carbonyl (C=O) groups is 1. The number of benzene rings is 2. The first-order valence-corrected chi connectivity index (χ1v) is 9.67. The van der Waals surface area contributed by atoms with Crippen LogP contribution in [0.4, 0.5) is 15.8 Å². The fourth-order valence-electron chi connectivity index (χ4n) is 1.94. The summed E-state index contributed by atoms with van der Waals surface area (Å²) in [5, 5.41) is 2.92. The highest BCUT2D eigenvalue weighted by Crippen LogP contribution is 2.26. The Labute approximate surface area is 152 Å². The minimum atomic E-state index is -3.84. The lowest BCUT2D eigenvalue weighted by molar-refractivity contribution is -0.114. The quantitative estimate of drug-likeness (QED) is 0.780. The van der Waals surface area contributed by atoms with Gasteiger partial charge in [0.1, 0.15) is 12.4 Å². The third kappa shape index (κ3) is 4.68. The molecule has 0 saturated carbocycles. The van der Waals surface area contributed by atoms with E-state index in [9.17, 15) is 17.6 Å². The van der Waals surface area contributed by atoms with Crippen molar-refractivity contribution in [2.75, 3.05) is 22.4 Å². The van der Waals surface area contributed by atoms with Gasteiger partial charge < -0.3 is 5.32 Å². The van der Waals surface area contributed by atoms with E-state index in [0.717, 1.165) is 12.3 Å². The molecule has 0 fully saturated rings. The second-order valence-electron chi connectivity index (χ2n) is 4.90. The first-order chi connectivity index (χ1) is 11.2. The number of nitrogens with one attached hydrogen (secondary N) is 1. The molecule has 0 saturated heterocycles. The highest BCUT2D eigenvalue weighted by Gasteiger charge is 2.23. The number of sulfonamides is 1. The van der Waals surface area contributed by atoms with Crippen molar-refractivity contribution >= 4 is 54.8 Å². The lowest BCUT2D eigenvalue weighted by Gasteiger charge is -2.22. The molecule has 0 radical (unpaired) electrons. The monoisotopic (exact) mass is 434 g/mol. The predicted molar refractivity (Wildman–Crippen MR) is 96.4 cm³/mol. The summed E-state index contributed by atoms with van der Waals surface area (Å²) in [5.74, 6) is -1.36. The van der Waals surface area contributed by atoms with Crippen molar-refractivity contribution in [2.24, 2.45) is 0 Å². The molecule has 0 unspecified atom stereocenters. The summed E-state index contributed by atoms with van der Waals surface area (Å²) in [6.07, 6.45) is 0.906. The zero-order valence-corrected chi connectivity index (χ0v) is 15.6. The van der Waals surface area contributed by atoms with Crippen LogP contribution in [0.25, 0.3) is 0 Å². The summed E-state index contributed by atoms with van der Waals surface area (Å²) in [5.41, 5.74) is 0.208. The maximum atomic E-state index is 13.9. The predicted octanol–water partition coefficient (Wildman–Crippen LogP) is 3.65. The second-order valence-corrected chi connectivity index (χ2v) is 8.07. The Hall–Kier alpha value is -1.64. The average molecular weight is 436 g/mol. The topological polar surface area (TPSA) is 66.5 Å². The average Bonchev–Trinajstić information content (AvgIpc) is 2.48. The molecule has 0 aliphatic heterocycles. The van der Waals surface area contributed by atoms with Crippen molar-refractivity contribution in [2.45, 2.75) is 0 Å². The van der Waals surface area contributed by atoms with Gasteiger partial charge in [-0.1, -0.05) is 23.7 Å². The van der Waals surface area contributed by atoms with Crippen LogP contribution in [-0.4, -0.2) is 27.1 Å². The van der Waals surface area contributed by atoms with E-state index in [1.165, 1.54) is 24.3 Å². The molecule has 128 valence electrons. The fourth-order valence-corrected chi connectivity index (χ4v) is 3.22. The van der Waals surface area contributed by atoms with E-state index in [2.05, 4.69) is 21.2 Å². The summed E-state index contributed by atoms with van der Waals surface area (Å²) in [4.78, 5) is 12.2. The lowest BCUT2D eigenvalue weighted by Crippen LogP contribution is -2.38. The van der Waals surface area contributed by atoms with Crippen molar-refractivity contribution in [1.82, 2.24) is 0 Å².